The lowest BCUT2D eigenvalue weighted by Gasteiger charge is -2.36. The largest absolute Gasteiger partial charge is 0.379 e. The van der Waals surface area contributed by atoms with Crippen molar-refractivity contribution >= 4 is 17.2 Å². The van der Waals surface area contributed by atoms with Crippen molar-refractivity contribution < 1.29 is 4.79 Å². The Hall–Kier alpha value is -1.77. The number of ketones is 1. The van der Waals surface area contributed by atoms with Crippen LogP contribution in [0.15, 0.2) is 24.3 Å². The molecule has 0 unspecified atom stereocenters. The number of hydrogen-bond acceptors (Lipinski definition) is 3. The second kappa shape index (κ2) is 7.23. The summed E-state index contributed by atoms with van der Waals surface area (Å²) in [5.74, 6) is 0.519. The van der Waals surface area contributed by atoms with Crippen LogP contribution >= 0.6 is 0 Å². The van der Waals surface area contributed by atoms with E-state index >= 15 is 0 Å². The summed E-state index contributed by atoms with van der Waals surface area (Å²) in [5, 5.41) is 3.62. The van der Waals surface area contributed by atoms with Gasteiger partial charge >= 0.3 is 0 Å². The molecule has 25 heavy (non-hydrogen) atoms. The number of nitrogens with one attached hydrogen (secondary N) is 1. The lowest BCUT2D eigenvalue weighted by atomic mass is 9.84. The van der Waals surface area contributed by atoms with Gasteiger partial charge in [0.25, 0.3) is 0 Å². The number of benzene rings is 1. The predicted octanol–water partition coefficient (Wildman–Crippen LogP) is 4.56. The minimum absolute atomic E-state index is 0.0256. The zero-order chi connectivity index (χ0) is 18.0. The van der Waals surface area contributed by atoms with Crippen molar-refractivity contribution in [2.24, 2.45) is 5.92 Å². The minimum Gasteiger partial charge on any atom is -0.379 e. The van der Waals surface area contributed by atoms with E-state index in [4.69, 9.17) is 0 Å². The number of nitrogens with zero attached hydrogens (tertiary/aromatic N) is 1. The van der Waals surface area contributed by atoms with Crippen molar-refractivity contribution in [3.05, 3.63) is 35.4 Å². The summed E-state index contributed by atoms with van der Waals surface area (Å²) in [6.45, 7) is 4.42. The molecule has 0 spiro atoms. The van der Waals surface area contributed by atoms with Crippen molar-refractivity contribution in [1.29, 1.82) is 0 Å². The number of rotatable bonds is 3. The van der Waals surface area contributed by atoms with Gasteiger partial charge in [0.05, 0.1) is 0 Å². The molecular weight excluding hydrogens is 308 g/mol. The molecule has 1 aromatic carbocycles. The molecular formula is C22H32N2O. The number of fused-ring (bicyclic) bond motifs is 1. The summed E-state index contributed by atoms with van der Waals surface area (Å²) < 4.78 is 0. The number of anilines is 1. The van der Waals surface area contributed by atoms with Gasteiger partial charge in [-0.1, -0.05) is 31.7 Å². The fraction of sp³-hybridized carbons (Fsp3) is 0.591. The molecule has 3 rings (SSSR count). The molecule has 1 heterocycles. The molecule has 1 aromatic rings. The molecule has 2 aliphatic rings. The summed E-state index contributed by atoms with van der Waals surface area (Å²) in [4.78, 5) is 15.0. The molecule has 1 aliphatic heterocycles. The predicted molar refractivity (Wildman–Crippen MR) is 106 cm³/mol. The summed E-state index contributed by atoms with van der Waals surface area (Å²) in [5.41, 5.74) is 4.67. The zero-order valence-corrected chi connectivity index (χ0v) is 16.2. The molecule has 0 amide bonds. The number of hydrogen-bond donors (Lipinski definition) is 1. The SMILES string of the molecule is CN(C)c1ccc2c(c1)C(=CC(=O)C1CCCCCC1)NC(C)(C)C2. The lowest BCUT2D eigenvalue weighted by Crippen LogP contribution is -2.44. The first-order valence-electron chi connectivity index (χ1n) is 9.70. The van der Waals surface area contributed by atoms with Crippen LogP contribution in [0.3, 0.4) is 0 Å². The van der Waals surface area contributed by atoms with E-state index in [9.17, 15) is 4.79 Å². The van der Waals surface area contributed by atoms with Crippen molar-refractivity contribution in [2.75, 3.05) is 19.0 Å². The number of carbonyl (C=O) groups is 1. The Bertz CT molecular complexity index is 665. The van der Waals surface area contributed by atoms with Gasteiger partial charge in [0.1, 0.15) is 0 Å². The van der Waals surface area contributed by atoms with Crippen LogP contribution in [0.5, 0.6) is 0 Å². The first kappa shape index (κ1) is 18.0. The molecule has 0 radical (unpaired) electrons. The van der Waals surface area contributed by atoms with Crippen LogP contribution in [0, 0.1) is 5.92 Å². The Morgan fingerprint density at radius 1 is 1.16 bits per heavy atom. The first-order valence-corrected chi connectivity index (χ1v) is 9.70. The number of allylic oxidation sites excluding steroid dienone is 1. The van der Waals surface area contributed by atoms with E-state index in [2.05, 4.69) is 56.4 Å². The maximum absolute atomic E-state index is 12.9. The van der Waals surface area contributed by atoms with E-state index in [1.807, 2.05) is 6.08 Å². The van der Waals surface area contributed by atoms with Gasteiger partial charge in [0.2, 0.25) is 0 Å². The number of carbonyl (C=O) groups excluding carboxylic acids is 1. The van der Waals surface area contributed by atoms with Crippen molar-refractivity contribution in [2.45, 2.75) is 64.3 Å². The van der Waals surface area contributed by atoms with Gasteiger partial charge in [-0.3, -0.25) is 4.79 Å². The maximum Gasteiger partial charge on any atom is 0.160 e. The van der Waals surface area contributed by atoms with E-state index in [-0.39, 0.29) is 11.5 Å². The minimum atomic E-state index is -0.0256. The van der Waals surface area contributed by atoms with E-state index in [0.29, 0.717) is 5.78 Å². The Labute approximate surface area is 152 Å². The van der Waals surface area contributed by atoms with Gasteiger partial charge in [0, 0.05) is 48.6 Å². The molecule has 0 saturated heterocycles. The van der Waals surface area contributed by atoms with Crippen LogP contribution in [0.4, 0.5) is 5.69 Å². The summed E-state index contributed by atoms with van der Waals surface area (Å²) in [6.07, 6.45) is 9.93. The average molecular weight is 341 g/mol. The summed E-state index contributed by atoms with van der Waals surface area (Å²) in [6, 6.07) is 6.60. The molecule has 0 bridgehead atoms. The molecule has 1 fully saturated rings. The van der Waals surface area contributed by atoms with Crippen LogP contribution in [0.25, 0.3) is 5.70 Å². The zero-order valence-electron chi connectivity index (χ0n) is 16.2. The summed E-state index contributed by atoms with van der Waals surface area (Å²) in [7, 11) is 4.12. The van der Waals surface area contributed by atoms with E-state index in [0.717, 1.165) is 25.0 Å². The molecule has 3 heteroatoms. The van der Waals surface area contributed by atoms with Crippen LogP contribution in [-0.2, 0) is 11.2 Å². The third-order valence-electron chi connectivity index (χ3n) is 5.55. The maximum atomic E-state index is 12.9. The molecule has 1 saturated carbocycles. The Morgan fingerprint density at radius 2 is 1.84 bits per heavy atom. The molecule has 136 valence electrons. The fourth-order valence-electron chi connectivity index (χ4n) is 4.14. The average Bonchev–Trinajstić information content (AvgIpc) is 2.82. The second-order valence-electron chi connectivity index (χ2n) is 8.57. The van der Waals surface area contributed by atoms with Gasteiger partial charge in [-0.15, -0.1) is 0 Å². The van der Waals surface area contributed by atoms with Crippen molar-refractivity contribution in [1.82, 2.24) is 5.32 Å². The van der Waals surface area contributed by atoms with Gasteiger partial charge < -0.3 is 10.2 Å². The molecule has 3 nitrogen and oxygen atoms in total. The monoisotopic (exact) mass is 340 g/mol. The third-order valence-corrected chi connectivity index (χ3v) is 5.55. The highest BCUT2D eigenvalue weighted by atomic mass is 16.1. The van der Waals surface area contributed by atoms with E-state index in [1.54, 1.807) is 0 Å². The van der Waals surface area contributed by atoms with Crippen LogP contribution in [0.1, 0.15) is 63.5 Å². The Balaban J connectivity index is 1.94. The molecule has 1 aliphatic carbocycles. The normalized spacial score (nSPS) is 22.0. The highest BCUT2D eigenvalue weighted by Crippen LogP contribution is 2.33. The lowest BCUT2D eigenvalue weighted by molar-refractivity contribution is -0.118. The van der Waals surface area contributed by atoms with Gasteiger partial charge in [-0.2, -0.15) is 0 Å². The molecule has 0 atom stereocenters. The smallest absolute Gasteiger partial charge is 0.160 e. The van der Waals surface area contributed by atoms with Crippen LogP contribution in [0.2, 0.25) is 0 Å². The van der Waals surface area contributed by atoms with Crippen molar-refractivity contribution in [3.8, 4) is 0 Å². The van der Waals surface area contributed by atoms with E-state index < -0.39 is 0 Å². The highest BCUT2D eigenvalue weighted by molar-refractivity contribution is 5.98. The second-order valence-corrected chi connectivity index (χ2v) is 8.57. The van der Waals surface area contributed by atoms with Gasteiger partial charge in [0.15, 0.2) is 5.78 Å². The Morgan fingerprint density at radius 3 is 2.48 bits per heavy atom. The van der Waals surface area contributed by atoms with E-state index in [1.165, 1.54) is 42.5 Å². The molecule has 0 aromatic heterocycles. The topological polar surface area (TPSA) is 32.3 Å². The van der Waals surface area contributed by atoms with Crippen LogP contribution in [-0.4, -0.2) is 25.4 Å². The third kappa shape index (κ3) is 4.26. The quantitative estimate of drug-likeness (QED) is 0.647. The fourth-order valence-corrected chi connectivity index (χ4v) is 4.14. The van der Waals surface area contributed by atoms with Crippen LogP contribution < -0.4 is 10.2 Å². The van der Waals surface area contributed by atoms with Gasteiger partial charge in [-0.25, -0.2) is 0 Å². The standard InChI is InChI=1S/C22H32N2O/c1-22(2)15-17-11-12-18(24(3)4)13-19(17)20(23-22)14-21(25)16-9-7-5-6-8-10-16/h11-14,16,23H,5-10,15H2,1-4H3. The van der Waals surface area contributed by atoms with Crippen molar-refractivity contribution in [3.63, 3.8) is 0 Å². The molecule has 1 N–H and O–H groups in total. The first-order chi connectivity index (χ1) is 11.9. The Kier molecular flexibility index (Phi) is 5.21. The highest BCUT2D eigenvalue weighted by Gasteiger charge is 2.29. The summed E-state index contributed by atoms with van der Waals surface area (Å²) >= 11 is 0. The van der Waals surface area contributed by atoms with Gasteiger partial charge in [-0.05, 0) is 50.8 Å².